The monoisotopic (exact) mass is 281 g/mol. The number of para-hydroxylation sites is 1. The van der Waals surface area contributed by atoms with Crippen LogP contribution in [0.1, 0.15) is 11.4 Å². The standard InChI is InChI=1S/C16H19N5/c1-20-10-9-18-16(20)12-17-8-7-14-11-19-21(13-14)15-5-3-2-4-6-15/h2-6,9-11,13,17H,7-8,12H2,1H3. The van der Waals surface area contributed by atoms with Gasteiger partial charge in [-0.3, -0.25) is 0 Å². The zero-order valence-electron chi connectivity index (χ0n) is 12.1. The Labute approximate surface area is 124 Å². The van der Waals surface area contributed by atoms with Gasteiger partial charge in [0.15, 0.2) is 0 Å². The summed E-state index contributed by atoms with van der Waals surface area (Å²) in [6.45, 7) is 1.70. The molecule has 0 aliphatic rings. The third-order valence-corrected chi connectivity index (χ3v) is 3.45. The maximum Gasteiger partial charge on any atom is 0.122 e. The highest BCUT2D eigenvalue weighted by molar-refractivity contribution is 5.30. The topological polar surface area (TPSA) is 47.7 Å². The molecule has 1 N–H and O–H groups in total. The highest BCUT2D eigenvalue weighted by Gasteiger charge is 2.01. The minimum atomic E-state index is 0.788. The van der Waals surface area contributed by atoms with Gasteiger partial charge in [-0.1, -0.05) is 18.2 Å². The molecule has 0 saturated carbocycles. The van der Waals surface area contributed by atoms with Gasteiger partial charge in [0.2, 0.25) is 0 Å². The van der Waals surface area contributed by atoms with Crippen molar-refractivity contribution >= 4 is 0 Å². The first-order chi connectivity index (χ1) is 10.3. The zero-order chi connectivity index (χ0) is 14.5. The van der Waals surface area contributed by atoms with E-state index in [9.17, 15) is 0 Å². The molecular weight excluding hydrogens is 262 g/mol. The average Bonchev–Trinajstić information content (AvgIpc) is 3.14. The summed E-state index contributed by atoms with van der Waals surface area (Å²) in [6, 6.07) is 10.2. The van der Waals surface area contributed by atoms with Crippen LogP contribution in [0.5, 0.6) is 0 Å². The van der Waals surface area contributed by atoms with Crippen molar-refractivity contribution in [2.45, 2.75) is 13.0 Å². The molecule has 108 valence electrons. The molecule has 2 heterocycles. The van der Waals surface area contributed by atoms with Gasteiger partial charge < -0.3 is 9.88 Å². The van der Waals surface area contributed by atoms with Crippen LogP contribution in [0.4, 0.5) is 0 Å². The van der Waals surface area contributed by atoms with Crippen molar-refractivity contribution in [2.75, 3.05) is 6.54 Å². The van der Waals surface area contributed by atoms with E-state index in [0.29, 0.717) is 0 Å². The van der Waals surface area contributed by atoms with E-state index < -0.39 is 0 Å². The maximum atomic E-state index is 4.40. The molecule has 3 rings (SSSR count). The largest absolute Gasteiger partial charge is 0.337 e. The summed E-state index contributed by atoms with van der Waals surface area (Å²) in [5.74, 6) is 1.05. The van der Waals surface area contributed by atoms with Crippen molar-refractivity contribution in [1.82, 2.24) is 24.6 Å². The molecule has 0 radical (unpaired) electrons. The molecule has 0 amide bonds. The molecule has 0 aliphatic heterocycles. The molecule has 0 unspecified atom stereocenters. The van der Waals surface area contributed by atoms with Crippen molar-refractivity contribution in [3.05, 3.63) is 66.5 Å². The zero-order valence-corrected chi connectivity index (χ0v) is 12.1. The second-order valence-electron chi connectivity index (χ2n) is 5.01. The van der Waals surface area contributed by atoms with E-state index in [1.54, 1.807) is 0 Å². The lowest BCUT2D eigenvalue weighted by Gasteiger charge is -2.03. The smallest absolute Gasteiger partial charge is 0.122 e. The van der Waals surface area contributed by atoms with Crippen LogP contribution in [0.15, 0.2) is 55.1 Å². The third kappa shape index (κ3) is 3.38. The first-order valence-electron chi connectivity index (χ1n) is 7.09. The predicted octanol–water partition coefficient (Wildman–Crippen LogP) is 1.94. The summed E-state index contributed by atoms with van der Waals surface area (Å²) in [5, 5.41) is 7.81. The number of aryl methyl sites for hydroxylation is 1. The van der Waals surface area contributed by atoms with Crippen molar-refractivity contribution in [1.29, 1.82) is 0 Å². The lowest BCUT2D eigenvalue weighted by molar-refractivity contribution is 0.637. The van der Waals surface area contributed by atoms with Crippen LogP contribution in [0.25, 0.3) is 5.69 Å². The summed E-state index contributed by atoms with van der Waals surface area (Å²) in [4.78, 5) is 4.29. The second-order valence-corrected chi connectivity index (χ2v) is 5.01. The summed E-state index contributed by atoms with van der Waals surface area (Å²) in [7, 11) is 2.01. The van der Waals surface area contributed by atoms with E-state index in [4.69, 9.17) is 0 Å². The molecule has 0 spiro atoms. The minimum Gasteiger partial charge on any atom is -0.337 e. The molecule has 0 fully saturated rings. The van der Waals surface area contributed by atoms with Gasteiger partial charge in [0.25, 0.3) is 0 Å². The number of benzene rings is 1. The Bertz CT molecular complexity index is 684. The van der Waals surface area contributed by atoms with E-state index in [0.717, 1.165) is 31.0 Å². The van der Waals surface area contributed by atoms with Gasteiger partial charge in [-0.2, -0.15) is 5.10 Å². The van der Waals surface area contributed by atoms with Crippen LogP contribution in [0, 0.1) is 0 Å². The fraction of sp³-hybridized carbons (Fsp3) is 0.250. The Morgan fingerprint density at radius 2 is 2.05 bits per heavy atom. The highest BCUT2D eigenvalue weighted by atomic mass is 15.3. The lowest BCUT2D eigenvalue weighted by Crippen LogP contribution is -2.18. The molecule has 2 aromatic heterocycles. The first-order valence-corrected chi connectivity index (χ1v) is 7.09. The summed E-state index contributed by atoms with van der Waals surface area (Å²) in [5.41, 5.74) is 2.32. The Morgan fingerprint density at radius 1 is 1.19 bits per heavy atom. The molecule has 0 aliphatic carbocycles. The summed E-state index contributed by atoms with van der Waals surface area (Å²) in [6.07, 6.45) is 8.74. The van der Waals surface area contributed by atoms with E-state index in [1.807, 2.05) is 53.1 Å². The van der Waals surface area contributed by atoms with Crippen LogP contribution >= 0.6 is 0 Å². The molecule has 1 aromatic carbocycles. The van der Waals surface area contributed by atoms with Crippen molar-refractivity contribution in [3.8, 4) is 5.69 Å². The van der Waals surface area contributed by atoms with Gasteiger partial charge >= 0.3 is 0 Å². The number of hydrogen-bond acceptors (Lipinski definition) is 3. The normalized spacial score (nSPS) is 10.9. The van der Waals surface area contributed by atoms with Crippen LogP contribution in [0.3, 0.4) is 0 Å². The number of imidazole rings is 1. The van der Waals surface area contributed by atoms with E-state index in [2.05, 4.69) is 33.7 Å². The molecule has 0 atom stereocenters. The van der Waals surface area contributed by atoms with Gasteiger partial charge in [-0.15, -0.1) is 0 Å². The molecule has 5 heteroatoms. The number of aromatic nitrogens is 4. The van der Waals surface area contributed by atoms with E-state index >= 15 is 0 Å². The van der Waals surface area contributed by atoms with Crippen LogP contribution in [-0.4, -0.2) is 25.9 Å². The number of hydrogen-bond donors (Lipinski definition) is 1. The Balaban J connectivity index is 1.50. The second kappa shape index (κ2) is 6.37. The average molecular weight is 281 g/mol. The van der Waals surface area contributed by atoms with Crippen LogP contribution < -0.4 is 5.32 Å². The number of nitrogens with zero attached hydrogens (tertiary/aromatic N) is 4. The molecule has 0 bridgehead atoms. The molecule has 5 nitrogen and oxygen atoms in total. The summed E-state index contributed by atoms with van der Waals surface area (Å²) < 4.78 is 3.94. The van der Waals surface area contributed by atoms with Gasteiger partial charge in [-0.25, -0.2) is 9.67 Å². The Morgan fingerprint density at radius 3 is 2.81 bits per heavy atom. The molecule has 21 heavy (non-hydrogen) atoms. The lowest BCUT2D eigenvalue weighted by atomic mass is 10.2. The SMILES string of the molecule is Cn1ccnc1CNCCc1cnn(-c2ccccc2)c1. The minimum absolute atomic E-state index is 0.788. The van der Waals surface area contributed by atoms with E-state index in [1.165, 1.54) is 5.56 Å². The van der Waals surface area contributed by atoms with Gasteiger partial charge in [0.1, 0.15) is 5.82 Å². The van der Waals surface area contributed by atoms with Crippen molar-refractivity contribution in [2.24, 2.45) is 7.05 Å². The molecular formula is C16H19N5. The number of nitrogens with one attached hydrogen (secondary N) is 1. The third-order valence-electron chi connectivity index (χ3n) is 3.45. The summed E-state index contributed by atoms with van der Waals surface area (Å²) >= 11 is 0. The van der Waals surface area contributed by atoms with Crippen LogP contribution in [0.2, 0.25) is 0 Å². The highest BCUT2D eigenvalue weighted by Crippen LogP contribution is 2.07. The fourth-order valence-electron chi connectivity index (χ4n) is 2.21. The van der Waals surface area contributed by atoms with Crippen molar-refractivity contribution < 1.29 is 0 Å². The molecule has 3 aromatic rings. The van der Waals surface area contributed by atoms with Crippen LogP contribution in [-0.2, 0) is 20.0 Å². The van der Waals surface area contributed by atoms with Gasteiger partial charge in [0.05, 0.1) is 18.4 Å². The Hall–Kier alpha value is -2.40. The maximum absolute atomic E-state index is 4.40. The number of rotatable bonds is 6. The molecule has 0 saturated heterocycles. The van der Waals surface area contributed by atoms with Gasteiger partial charge in [-0.05, 0) is 30.7 Å². The first kappa shape index (κ1) is 13.6. The quantitative estimate of drug-likeness (QED) is 0.702. The van der Waals surface area contributed by atoms with Crippen molar-refractivity contribution in [3.63, 3.8) is 0 Å². The van der Waals surface area contributed by atoms with E-state index in [-0.39, 0.29) is 0 Å². The fourth-order valence-corrected chi connectivity index (χ4v) is 2.21. The van der Waals surface area contributed by atoms with Gasteiger partial charge in [0, 0.05) is 25.6 Å². The Kier molecular flexibility index (Phi) is 4.12. The predicted molar refractivity (Wildman–Crippen MR) is 82.2 cm³/mol.